The number of hydrogen-bond acceptors (Lipinski definition) is 4. The highest BCUT2D eigenvalue weighted by molar-refractivity contribution is 9.10. The predicted molar refractivity (Wildman–Crippen MR) is 142 cm³/mol. The molecule has 3 aromatic rings. The topological polar surface area (TPSA) is 42.8 Å². The number of para-hydroxylation sites is 1. The second-order valence-corrected chi connectivity index (χ2v) is 9.29. The van der Waals surface area contributed by atoms with Crippen LogP contribution in [0.3, 0.4) is 0 Å². The minimum atomic E-state index is 0.174. The Kier molecular flexibility index (Phi) is 6.42. The minimum absolute atomic E-state index is 0.174. The third-order valence-electron chi connectivity index (χ3n) is 6.44. The summed E-state index contributed by atoms with van der Waals surface area (Å²) in [6.45, 7) is 0.174. The molecule has 3 atom stereocenters. The van der Waals surface area contributed by atoms with Crippen molar-refractivity contribution < 1.29 is 9.47 Å². The molecule has 1 aliphatic heterocycles. The van der Waals surface area contributed by atoms with Gasteiger partial charge in [-0.15, -0.1) is 6.42 Å². The Morgan fingerprint density at radius 1 is 1.18 bits per heavy atom. The summed E-state index contributed by atoms with van der Waals surface area (Å²) in [6.07, 6.45) is 12.9. The summed E-state index contributed by atoms with van der Waals surface area (Å²) in [5, 5.41) is 3.78. The molecule has 0 amide bonds. The molecule has 4 nitrogen and oxygen atoms in total. The van der Waals surface area contributed by atoms with Gasteiger partial charge in [0.25, 0.3) is 0 Å². The van der Waals surface area contributed by atoms with E-state index in [0.29, 0.717) is 23.3 Å². The van der Waals surface area contributed by atoms with E-state index in [2.05, 4.69) is 92.8 Å². The molecule has 34 heavy (non-hydrogen) atoms. The highest BCUT2D eigenvalue weighted by atomic mass is 79.9. The SMILES string of the molecule is C#CCOc1c(Br)cc(C=Nc2ccc([C@@H]3Nc4ccccc4[C@@H]4C=CC[C@@H]43)cc2)cc1OC. The van der Waals surface area contributed by atoms with Gasteiger partial charge in [0.05, 0.1) is 23.3 Å². The molecular weight excluding hydrogens is 488 g/mol. The minimum Gasteiger partial charge on any atom is -0.493 e. The number of allylic oxidation sites excluding steroid dienone is 2. The Labute approximate surface area is 208 Å². The Morgan fingerprint density at radius 3 is 2.79 bits per heavy atom. The zero-order valence-electron chi connectivity index (χ0n) is 18.9. The smallest absolute Gasteiger partial charge is 0.176 e. The number of nitrogens with zero attached hydrogens (tertiary/aromatic N) is 1. The van der Waals surface area contributed by atoms with Crippen molar-refractivity contribution in [2.24, 2.45) is 10.9 Å². The Hall–Kier alpha value is -3.49. The largest absolute Gasteiger partial charge is 0.493 e. The highest BCUT2D eigenvalue weighted by Crippen LogP contribution is 2.49. The molecule has 0 aromatic heterocycles. The monoisotopic (exact) mass is 512 g/mol. The Morgan fingerprint density at radius 2 is 2.00 bits per heavy atom. The quantitative estimate of drug-likeness (QED) is 0.218. The van der Waals surface area contributed by atoms with Crippen LogP contribution in [0, 0.1) is 18.3 Å². The highest BCUT2D eigenvalue weighted by Gasteiger charge is 2.37. The number of anilines is 1. The maximum Gasteiger partial charge on any atom is 0.176 e. The van der Waals surface area contributed by atoms with E-state index in [1.54, 1.807) is 7.11 Å². The number of ether oxygens (including phenoxy) is 2. The molecule has 170 valence electrons. The zero-order chi connectivity index (χ0) is 23.5. The summed E-state index contributed by atoms with van der Waals surface area (Å²) in [4.78, 5) is 4.67. The van der Waals surface area contributed by atoms with Gasteiger partial charge in [-0.25, -0.2) is 0 Å². The molecule has 0 fully saturated rings. The van der Waals surface area contributed by atoms with Crippen molar-refractivity contribution in [3.63, 3.8) is 0 Å². The van der Waals surface area contributed by atoms with Gasteiger partial charge in [-0.2, -0.15) is 0 Å². The molecule has 1 heterocycles. The van der Waals surface area contributed by atoms with Gasteiger partial charge in [0, 0.05) is 17.8 Å². The van der Waals surface area contributed by atoms with Gasteiger partial charge >= 0.3 is 0 Å². The van der Waals surface area contributed by atoms with Crippen molar-refractivity contribution in [1.82, 2.24) is 0 Å². The number of terminal acetylenes is 1. The lowest BCUT2D eigenvalue weighted by Crippen LogP contribution is -2.28. The first-order chi connectivity index (χ1) is 16.7. The van der Waals surface area contributed by atoms with Gasteiger partial charge in [0.1, 0.15) is 6.61 Å². The van der Waals surface area contributed by atoms with Crippen LogP contribution in [0.1, 0.15) is 35.1 Å². The maximum absolute atomic E-state index is 5.59. The predicted octanol–water partition coefficient (Wildman–Crippen LogP) is 7.05. The Balaban J connectivity index is 1.34. The van der Waals surface area contributed by atoms with Crippen LogP contribution < -0.4 is 14.8 Å². The van der Waals surface area contributed by atoms with Gasteiger partial charge in [0.15, 0.2) is 11.5 Å². The summed E-state index contributed by atoms with van der Waals surface area (Å²) >= 11 is 3.54. The third kappa shape index (κ3) is 4.34. The molecule has 0 radical (unpaired) electrons. The fourth-order valence-electron chi connectivity index (χ4n) is 4.86. The molecule has 3 aromatic carbocycles. The molecule has 5 rings (SSSR count). The summed E-state index contributed by atoms with van der Waals surface area (Å²) in [6, 6.07) is 21.2. The van der Waals surface area contributed by atoms with Crippen molar-refractivity contribution in [3.8, 4) is 23.8 Å². The van der Waals surface area contributed by atoms with Gasteiger partial charge in [-0.05, 0) is 75.3 Å². The van der Waals surface area contributed by atoms with Crippen LogP contribution in [0.2, 0.25) is 0 Å². The van der Waals surface area contributed by atoms with E-state index in [4.69, 9.17) is 15.9 Å². The number of methoxy groups -OCH3 is 1. The number of hydrogen-bond donors (Lipinski definition) is 1. The van der Waals surface area contributed by atoms with E-state index >= 15 is 0 Å². The number of aliphatic imine (C=N–C) groups is 1. The Bertz CT molecular complexity index is 1290. The van der Waals surface area contributed by atoms with E-state index in [0.717, 1.165) is 22.1 Å². The van der Waals surface area contributed by atoms with Crippen molar-refractivity contribution in [1.29, 1.82) is 0 Å². The first kappa shape index (κ1) is 22.3. The number of benzene rings is 3. The van der Waals surface area contributed by atoms with E-state index in [-0.39, 0.29) is 12.6 Å². The van der Waals surface area contributed by atoms with Crippen molar-refractivity contribution in [2.45, 2.75) is 18.4 Å². The lowest BCUT2D eigenvalue weighted by Gasteiger charge is -2.37. The molecule has 0 unspecified atom stereocenters. The lowest BCUT2D eigenvalue weighted by molar-refractivity contribution is 0.329. The molecule has 5 heteroatoms. The van der Waals surface area contributed by atoms with Crippen molar-refractivity contribution >= 4 is 33.5 Å². The molecular formula is C29H25BrN2O2. The van der Waals surface area contributed by atoms with Gasteiger partial charge in [-0.3, -0.25) is 4.99 Å². The molecule has 0 saturated carbocycles. The van der Waals surface area contributed by atoms with Crippen molar-refractivity contribution in [3.05, 3.63) is 94.0 Å². The molecule has 0 bridgehead atoms. The second kappa shape index (κ2) is 9.79. The van der Waals surface area contributed by atoms with Crippen molar-refractivity contribution in [2.75, 3.05) is 19.0 Å². The van der Waals surface area contributed by atoms with E-state index in [1.165, 1.54) is 16.8 Å². The van der Waals surface area contributed by atoms with E-state index in [9.17, 15) is 0 Å². The number of rotatable bonds is 6. The van der Waals surface area contributed by atoms with Crippen LogP contribution >= 0.6 is 15.9 Å². The van der Waals surface area contributed by atoms with Gasteiger partial charge < -0.3 is 14.8 Å². The van der Waals surface area contributed by atoms with Crippen LogP contribution in [0.5, 0.6) is 11.5 Å². The van der Waals surface area contributed by atoms with E-state index in [1.807, 2.05) is 18.3 Å². The van der Waals surface area contributed by atoms with E-state index < -0.39 is 0 Å². The van der Waals surface area contributed by atoms with Crippen LogP contribution in [0.25, 0.3) is 0 Å². The zero-order valence-corrected chi connectivity index (χ0v) is 20.5. The normalized spacial score (nSPS) is 20.3. The van der Waals surface area contributed by atoms with Crippen LogP contribution in [-0.4, -0.2) is 19.9 Å². The van der Waals surface area contributed by atoms with Gasteiger partial charge in [-0.1, -0.05) is 48.4 Å². The second-order valence-electron chi connectivity index (χ2n) is 8.44. The molecule has 0 spiro atoms. The van der Waals surface area contributed by atoms with Gasteiger partial charge in [0.2, 0.25) is 0 Å². The summed E-state index contributed by atoms with van der Waals surface area (Å²) in [5.41, 5.74) is 5.70. The number of nitrogens with one attached hydrogen (secondary N) is 1. The summed E-state index contributed by atoms with van der Waals surface area (Å²) < 4.78 is 11.8. The number of halogens is 1. The molecule has 1 N–H and O–H groups in total. The maximum atomic E-state index is 5.59. The fourth-order valence-corrected chi connectivity index (χ4v) is 5.43. The molecule has 0 saturated heterocycles. The average molecular weight is 513 g/mol. The summed E-state index contributed by atoms with van der Waals surface area (Å²) in [5.74, 6) is 4.66. The van der Waals surface area contributed by atoms with Crippen LogP contribution in [0.15, 0.2) is 82.3 Å². The summed E-state index contributed by atoms with van der Waals surface area (Å²) in [7, 11) is 1.60. The number of fused-ring (bicyclic) bond motifs is 3. The molecule has 2 aliphatic rings. The first-order valence-electron chi connectivity index (χ1n) is 11.3. The lowest BCUT2D eigenvalue weighted by atomic mass is 9.77. The first-order valence-corrected chi connectivity index (χ1v) is 12.1. The average Bonchev–Trinajstić information content (AvgIpc) is 3.37. The standard InChI is InChI=1S/C29H25BrN2O2/c1-3-15-34-29-25(30)16-19(17-27(29)33-2)18-31-21-13-11-20(12-14-21)28-24-9-6-8-22(24)23-7-4-5-10-26(23)32-28/h1,4-8,10-14,16-18,22,24,28,32H,9,15H2,2H3/t22-,24-,28-/m0/s1. The fraction of sp³-hybridized carbons (Fsp3) is 0.207. The molecule has 1 aliphatic carbocycles. The van der Waals surface area contributed by atoms with Crippen LogP contribution in [-0.2, 0) is 0 Å². The third-order valence-corrected chi connectivity index (χ3v) is 7.03. The van der Waals surface area contributed by atoms with Crippen LogP contribution in [0.4, 0.5) is 11.4 Å².